The van der Waals surface area contributed by atoms with E-state index in [1.54, 1.807) is 4.90 Å². The van der Waals surface area contributed by atoms with Gasteiger partial charge in [-0.1, -0.05) is 0 Å². The summed E-state index contributed by atoms with van der Waals surface area (Å²) in [6.45, 7) is 0.582. The first kappa shape index (κ1) is 11.9. The molecule has 0 bridgehead atoms. The molecule has 2 atom stereocenters. The Balaban J connectivity index is 2.60. The monoisotopic (exact) mass is 216 g/mol. The van der Waals surface area contributed by atoms with E-state index in [1.165, 1.54) is 14.2 Å². The third-order valence-electron chi connectivity index (χ3n) is 2.47. The summed E-state index contributed by atoms with van der Waals surface area (Å²) in [7, 11) is 2.63. The van der Waals surface area contributed by atoms with E-state index in [1.807, 2.05) is 0 Å². The van der Waals surface area contributed by atoms with Crippen molar-refractivity contribution in [2.45, 2.75) is 18.5 Å². The van der Waals surface area contributed by atoms with Gasteiger partial charge in [0.05, 0.1) is 20.8 Å². The van der Waals surface area contributed by atoms with Crippen LogP contribution in [0.15, 0.2) is 0 Å². The smallest absolute Gasteiger partial charge is 0.323 e. The lowest BCUT2D eigenvalue weighted by Gasteiger charge is -2.20. The zero-order valence-electron chi connectivity index (χ0n) is 8.93. The predicted octanol–water partition coefficient (Wildman–Crippen LogP) is -1.27. The average Bonchev–Trinajstić information content (AvgIpc) is 2.58. The SMILES string of the molecule is COC(=O)CN1CC(N)CC1C(=O)OC. The van der Waals surface area contributed by atoms with Crippen LogP contribution in [0.5, 0.6) is 0 Å². The molecule has 0 aliphatic carbocycles. The molecule has 1 fully saturated rings. The Bertz CT molecular complexity index is 256. The molecule has 6 heteroatoms. The van der Waals surface area contributed by atoms with Gasteiger partial charge in [-0.3, -0.25) is 14.5 Å². The largest absolute Gasteiger partial charge is 0.468 e. The minimum atomic E-state index is -0.427. The third-order valence-corrected chi connectivity index (χ3v) is 2.47. The molecule has 2 unspecified atom stereocenters. The number of methoxy groups -OCH3 is 2. The Morgan fingerprint density at radius 3 is 2.60 bits per heavy atom. The molecule has 0 aromatic rings. The first-order chi connectivity index (χ1) is 7.08. The molecule has 0 aromatic heterocycles. The van der Waals surface area contributed by atoms with Crippen LogP contribution in [-0.2, 0) is 19.1 Å². The maximum Gasteiger partial charge on any atom is 0.323 e. The van der Waals surface area contributed by atoms with Gasteiger partial charge in [0.15, 0.2) is 0 Å². The second-order valence-electron chi connectivity index (χ2n) is 3.54. The molecule has 1 aliphatic rings. The summed E-state index contributed by atoms with van der Waals surface area (Å²) in [6, 6.07) is -0.525. The Morgan fingerprint density at radius 2 is 2.07 bits per heavy atom. The minimum Gasteiger partial charge on any atom is -0.468 e. The molecule has 0 radical (unpaired) electrons. The molecule has 0 spiro atoms. The van der Waals surface area contributed by atoms with Gasteiger partial charge in [-0.25, -0.2) is 0 Å². The van der Waals surface area contributed by atoms with Crippen molar-refractivity contribution in [1.82, 2.24) is 4.90 Å². The minimum absolute atomic E-state index is 0.0734. The number of ether oxygens (including phenoxy) is 2. The van der Waals surface area contributed by atoms with E-state index in [0.717, 1.165) is 0 Å². The molecule has 1 rings (SSSR count). The van der Waals surface area contributed by atoms with E-state index in [4.69, 9.17) is 5.73 Å². The van der Waals surface area contributed by atoms with E-state index < -0.39 is 6.04 Å². The molecule has 1 saturated heterocycles. The number of carbonyl (C=O) groups is 2. The van der Waals surface area contributed by atoms with Crippen LogP contribution in [0.4, 0.5) is 0 Å². The lowest BCUT2D eigenvalue weighted by molar-refractivity contribution is -0.148. The topological polar surface area (TPSA) is 81.9 Å². The van der Waals surface area contributed by atoms with Gasteiger partial charge in [0.25, 0.3) is 0 Å². The van der Waals surface area contributed by atoms with Crippen LogP contribution in [0.3, 0.4) is 0 Å². The molecule has 6 nitrogen and oxygen atoms in total. The third kappa shape index (κ3) is 2.90. The highest BCUT2D eigenvalue weighted by Crippen LogP contribution is 2.17. The number of nitrogens with two attached hydrogens (primary N) is 1. The summed E-state index contributed by atoms with van der Waals surface area (Å²) >= 11 is 0. The van der Waals surface area contributed by atoms with Crippen LogP contribution in [0.1, 0.15) is 6.42 Å². The quantitative estimate of drug-likeness (QED) is 0.593. The van der Waals surface area contributed by atoms with Gasteiger partial charge in [-0.15, -0.1) is 0 Å². The normalized spacial score (nSPS) is 26.3. The van der Waals surface area contributed by atoms with Crippen LogP contribution >= 0.6 is 0 Å². The molecule has 1 heterocycles. The second kappa shape index (κ2) is 5.09. The number of carbonyl (C=O) groups excluding carboxylic acids is 2. The zero-order valence-corrected chi connectivity index (χ0v) is 8.93. The maximum atomic E-state index is 11.4. The summed E-state index contributed by atoms with van der Waals surface area (Å²) in [5, 5.41) is 0. The van der Waals surface area contributed by atoms with Crippen molar-refractivity contribution in [2.75, 3.05) is 27.3 Å². The molecule has 0 aromatic carbocycles. The van der Waals surface area contributed by atoms with Gasteiger partial charge in [0, 0.05) is 12.6 Å². The fourth-order valence-corrected chi connectivity index (χ4v) is 1.73. The average molecular weight is 216 g/mol. The van der Waals surface area contributed by atoms with Crippen LogP contribution in [0.2, 0.25) is 0 Å². The summed E-state index contributed by atoms with van der Waals surface area (Å²) in [5.74, 6) is -0.732. The lowest BCUT2D eigenvalue weighted by atomic mass is 10.2. The number of esters is 2. The first-order valence-electron chi connectivity index (χ1n) is 4.72. The fourth-order valence-electron chi connectivity index (χ4n) is 1.73. The van der Waals surface area contributed by atoms with Crippen LogP contribution in [0, 0.1) is 0 Å². The number of likely N-dealkylation sites (tertiary alicyclic amines) is 1. The fraction of sp³-hybridized carbons (Fsp3) is 0.778. The number of rotatable bonds is 3. The Kier molecular flexibility index (Phi) is 4.05. The molecule has 0 amide bonds. The number of nitrogens with zero attached hydrogens (tertiary/aromatic N) is 1. The first-order valence-corrected chi connectivity index (χ1v) is 4.72. The summed E-state index contributed by atoms with van der Waals surface area (Å²) < 4.78 is 9.18. The van der Waals surface area contributed by atoms with Crippen LogP contribution in [-0.4, -0.2) is 56.2 Å². The van der Waals surface area contributed by atoms with E-state index in [-0.39, 0.29) is 24.5 Å². The molecule has 1 aliphatic heterocycles. The molecular weight excluding hydrogens is 200 g/mol. The summed E-state index contributed by atoms with van der Waals surface area (Å²) in [5.41, 5.74) is 5.72. The van der Waals surface area contributed by atoms with Crippen molar-refractivity contribution >= 4 is 11.9 Å². The van der Waals surface area contributed by atoms with Gasteiger partial charge in [-0.05, 0) is 6.42 Å². The number of hydrogen-bond acceptors (Lipinski definition) is 6. The second-order valence-corrected chi connectivity index (χ2v) is 3.54. The van der Waals surface area contributed by atoms with Crippen molar-refractivity contribution in [2.24, 2.45) is 5.73 Å². The zero-order chi connectivity index (χ0) is 11.4. The van der Waals surface area contributed by atoms with E-state index >= 15 is 0 Å². The van der Waals surface area contributed by atoms with Crippen molar-refractivity contribution in [3.05, 3.63) is 0 Å². The highest BCUT2D eigenvalue weighted by Gasteiger charge is 2.36. The van der Waals surface area contributed by atoms with Crippen molar-refractivity contribution in [3.8, 4) is 0 Å². The summed E-state index contributed by atoms with van der Waals surface area (Å²) in [6.07, 6.45) is 0.518. The molecule has 0 saturated carbocycles. The van der Waals surface area contributed by atoms with E-state index in [2.05, 4.69) is 9.47 Å². The van der Waals surface area contributed by atoms with Crippen molar-refractivity contribution in [3.63, 3.8) is 0 Å². The maximum absolute atomic E-state index is 11.4. The lowest BCUT2D eigenvalue weighted by Crippen LogP contribution is -2.40. The summed E-state index contributed by atoms with van der Waals surface area (Å²) in [4.78, 5) is 24.1. The van der Waals surface area contributed by atoms with E-state index in [9.17, 15) is 9.59 Å². The van der Waals surface area contributed by atoms with Crippen LogP contribution < -0.4 is 5.73 Å². The van der Waals surface area contributed by atoms with Gasteiger partial charge in [-0.2, -0.15) is 0 Å². The van der Waals surface area contributed by atoms with Gasteiger partial charge >= 0.3 is 11.9 Å². The van der Waals surface area contributed by atoms with Crippen molar-refractivity contribution in [1.29, 1.82) is 0 Å². The van der Waals surface area contributed by atoms with Gasteiger partial charge in [0.2, 0.25) is 0 Å². The Labute approximate surface area is 88.3 Å². The Morgan fingerprint density at radius 1 is 1.40 bits per heavy atom. The Hall–Kier alpha value is -1.14. The number of hydrogen-bond donors (Lipinski definition) is 1. The van der Waals surface area contributed by atoms with E-state index in [0.29, 0.717) is 13.0 Å². The molecule has 2 N–H and O–H groups in total. The highest BCUT2D eigenvalue weighted by molar-refractivity contribution is 5.78. The standard InChI is InChI=1S/C9H16N2O4/c1-14-8(12)5-11-4-6(10)3-7(11)9(13)15-2/h6-7H,3-5,10H2,1-2H3. The highest BCUT2D eigenvalue weighted by atomic mass is 16.5. The molecule has 15 heavy (non-hydrogen) atoms. The van der Waals surface area contributed by atoms with Crippen molar-refractivity contribution < 1.29 is 19.1 Å². The van der Waals surface area contributed by atoms with Gasteiger partial charge in [0.1, 0.15) is 6.04 Å². The van der Waals surface area contributed by atoms with Crippen LogP contribution in [0.25, 0.3) is 0 Å². The predicted molar refractivity (Wildman–Crippen MR) is 52.0 cm³/mol. The van der Waals surface area contributed by atoms with Gasteiger partial charge < -0.3 is 15.2 Å². The molecule has 86 valence electrons. The molecular formula is C9H16N2O4.